The number of nitrogens with two attached hydrogens (primary N) is 1. The maximum atomic E-state index is 14.1. The van der Waals surface area contributed by atoms with Gasteiger partial charge in [-0.3, -0.25) is 24.1 Å². The molecule has 4 atom stereocenters. The molecule has 2 saturated heterocycles. The zero-order chi connectivity index (χ0) is 27.1. The molecule has 4 amide bonds. The summed E-state index contributed by atoms with van der Waals surface area (Å²) in [6.45, 7) is -0.754. The number of benzene rings is 2. The third-order valence-corrected chi connectivity index (χ3v) is 7.82. The molecule has 1 unspecified atom stereocenters. The van der Waals surface area contributed by atoms with Crippen molar-refractivity contribution in [3.63, 3.8) is 0 Å². The van der Waals surface area contributed by atoms with Crippen molar-refractivity contribution in [2.45, 2.75) is 50.2 Å². The molecule has 0 aromatic heterocycles. The van der Waals surface area contributed by atoms with Gasteiger partial charge in [0.15, 0.2) is 11.6 Å². The molecule has 11 heteroatoms. The summed E-state index contributed by atoms with van der Waals surface area (Å²) >= 11 is 0. The van der Waals surface area contributed by atoms with Gasteiger partial charge in [-0.05, 0) is 61.8 Å². The average Bonchev–Trinajstić information content (AvgIpc) is 3.29. The number of hydrogen-bond acceptors (Lipinski definition) is 5. The largest absolute Gasteiger partial charge is 0.345 e. The fourth-order valence-electron chi connectivity index (χ4n) is 5.96. The average molecular weight is 529 g/mol. The predicted octanol–water partition coefficient (Wildman–Crippen LogP) is 2.16. The topological polar surface area (TPSA) is 113 Å². The fourth-order valence-corrected chi connectivity index (χ4v) is 5.96. The minimum atomic E-state index is -1.25. The van der Waals surface area contributed by atoms with E-state index in [1.54, 1.807) is 17.0 Å². The van der Waals surface area contributed by atoms with E-state index in [9.17, 15) is 32.3 Å². The van der Waals surface area contributed by atoms with E-state index in [4.69, 9.17) is 5.73 Å². The Kier molecular flexibility index (Phi) is 6.95. The Morgan fingerprint density at radius 3 is 2.13 bits per heavy atom. The quantitative estimate of drug-likeness (QED) is 0.423. The van der Waals surface area contributed by atoms with E-state index in [1.807, 2.05) is 0 Å². The standard InChI is InChI=1S/C27H27F3N4O4/c28-20-11-22(30)21(29)9-14(20)10-23(31)15-7-16-5-6-17(8-15)34(16)25(36)12-32-24(35)13-33-26(37)18-3-1-2-4-19(18)27(33)38/h1-4,9,11,15-17,23H,5-8,10,12-13,31H2,(H,32,35)/t15?,16-,17+,23-/m1/s1. The Morgan fingerprint density at radius 2 is 1.53 bits per heavy atom. The Labute approximate surface area is 216 Å². The summed E-state index contributed by atoms with van der Waals surface area (Å²) in [6.07, 6.45) is 2.74. The minimum Gasteiger partial charge on any atom is -0.345 e. The van der Waals surface area contributed by atoms with Crippen LogP contribution in [0.4, 0.5) is 13.2 Å². The van der Waals surface area contributed by atoms with Gasteiger partial charge in [0.05, 0.1) is 17.7 Å². The normalized spacial score (nSPS) is 23.0. The van der Waals surface area contributed by atoms with Crippen LogP contribution in [0.5, 0.6) is 0 Å². The van der Waals surface area contributed by atoms with Crippen molar-refractivity contribution in [1.82, 2.24) is 15.1 Å². The monoisotopic (exact) mass is 528 g/mol. The van der Waals surface area contributed by atoms with Crippen molar-refractivity contribution in [2.75, 3.05) is 13.1 Å². The van der Waals surface area contributed by atoms with Gasteiger partial charge in [-0.2, -0.15) is 0 Å². The Hall–Kier alpha value is -3.73. The molecular formula is C27H27F3N4O4. The molecule has 3 aliphatic heterocycles. The Bertz CT molecular complexity index is 1270. The van der Waals surface area contributed by atoms with Gasteiger partial charge in [0.1, 0.15) is 12.4 Å². The van der Waals surface area contributed by atoms with E-state index >= 15 is 0 Å². The van der Waals surface area contributed by atoms with Crippen LogP contribution >= 0.6 is 0 Å². The minimum absolute atomic E-state index is 0.0167. The molecule has 5 rings (SSSR count). The van der Waals surface area contributed by atoms with Crippen LogP contribution in [0.3, 0.4) is 0 Å². The van der Waals surface area contributed by atoms with Crippen LogP contribution < -0.4 is 11.1 Å². The van der Waals surface area contributed by atoms with E-state index < -0.39 is 47.8 Å². The van der Waals surface area contributed by atoms with Crippen LogP contribution in [0.25, 0.3) is 0 Å². The Morgan fingerprint density at radius 1 is 0.947 bits per heavy atom. The number of rotatable bonds is 7. The number of carbonyl (C=O) groups excluding carboxylic acids is 4. The molecule has 3 aliphatic rings. The number of nitrogens with zero attached hydrogens (tertiary/aromatic N) is 2. The number of amides is 4. The van der Waals surface area contributed by atoms with E-state index in [-0.39, 0.29) is 53.6 Å². The summed E-state index contributed by atoms with van der Waals surface area (Å²) < 4.78 is 40.9. The molecule has 2 fully saturated rings. The number of nitrogens with one attached hydrogen (secondary N) is 1. The summed E-state index contributed by atoms with van der Waals surface area (Å²) in [6, 6.07) is 6.99. The number of fused-ring (bicyclic) bond motifs is 3. The maximum absolute atomic E-state index is 14.1. The summed E-state index contributed by atoms with van der Waals surface area (Å²) in [5, 5.41) is 2.52. The second kappa shape index (κ2) is 10.2. The molecule has 0 radical (unpaired) electrons. The summed E-state index contributed by atoms with van der Waals surface area (Å²) in [5.74, 6) is -5.24. The van der Waals surface area contributed by atoms with E-state index in [2.05, 4.69) is 5.32 Å². The highest BCUT2D eigenvalue weighted by atomic mass is 19.2. The fraction of sp³-hybridized carbons (Fsp3) is 0.407. The van der Waals surface area contributed by atoms with E-state index in [1.165, 1.54) is 12.1 Å². The zero-order valence-electron chi connectivity index (χ0n) is 20.5. The SMILES string of the molecule is N[C@H](Cc1cc(F)c(F)cc1F)C1C[C@H]2CC[C@@H](C1)N2C(=O)CNC(=O)CN1C(=O)c2ccccc2C1=O. The summed E-state index contributed by atoms with van der Waals surface area (Å²) in [5.41, 5.74) is 6.84. The van der Waals surface area contributed by atoms with Crippen molar-refractivity contribution in [3.05, 3.63) is 70.5 Å². The van der Waals surface area contributed by atoms with Crippen molar-refractivity contribution >= 4 is 23.6 Å². The van der Waals surface area contributed by atoms with Crippen LogP contribution in [0.2, 0.25) is 0 Å². The third-order valence-electron chi connectivity index (χ3n) is 7.82. The lowest BCUT2D eigenvalue weighted by Gasteiger charge is -2.41. The number of halogens is 3. The molecule has 0 spiro atoms. The van der Waals surface area contributed by atoms with Crippen LogP contribution in [0.1, 0.15) is 52.0 Å². The molecule has 2 aromatic carbocycles. The summed E-state index contributed by atoms with van der Waals surface area (Å²) in [7, 11) is 0. The van der Waals surface area contributed by atoms with Crippen LogP contribution in [0, 0.1) is 23.4 Å². The summed E-state index contributed by atoms with van der Waals surface area (Å²) in [4.78, 5) is 53.0. The zero-order valence-corrected chi connectivity index (χ0v) is 20.5. The van der Waals surface area contributed by atoms with Crippen LogP contribution in [-0.4, -0.2) is 64.6 Å². The first-order valence-corrected chi connectivity index (χ1v) is 12.6. The van der Waals surface area contributed by atoms with E-state index in [0.29, 0.717) is 18.9 Å². The van der Waals surface area contributed by atoms with Crippen molar-refractivity contribution in [1.29, 1.82) is 0 Å². The molecule has 0 saturated carbocycles. The third kappa shape index (κ3) is 4.78. The molecule has 0 aliphatic carbocycles. The van der Waals surface area contributed by atoms with Gasteiger partial charge in [0, 0.05) is 24.2 Å². The highest BCUT2D eigenvalue weighted by Gasteiger charge is 2.44. The van der Waals surface area contributed by atoms with E-state index in [0.717, 1.165) is 23.8 Å². The van der Waals surface area contributed by atoms with Gasteiger partial charge in [0.25, 0.3) is 11.8 Å². The molecule has 3 heterocycles. The smallest absolute Gasteiger partial charge is 0.262 e. The van der Waals surface area contributed by atoms with Gasteiger partial charge < -0.3 is 16.0 Å². The second-order valence-corrected chi connectivity index (χ2v) is 10.2. The highest BCUT2D eigenvalue weighted by molar-refractivity contribution is 6.22. The van der Waals surface area contributed by atoms with Gasteiger partial charge in [-0.25, -0.2) is 13.2 Å². The lowest BCUT2D eigenvalue weighted by atomic mass is 9.82. The lowest BCUT2D eigenvalue weighted by Crippen LogP contribution is -2.53. The molecule has 2 bridgehead atoms. The second-order valence-electron chi connectivity index (χ2n) is 10.2. The van der Waals surface area contributed by atoms with Crippen LogP contribution in [-0.2, 0) is 16.0 Å². The molecule has 2 aromatic rings. The first-order valence-electron chi connectivity index (χ1n) is 12.6. The lowest BCUT2D eigenvalue weighted by molar-refractivity contribution is -0.137. The predicted molar refractivity (Wildman–Crippen MR) is 129 cm³/mol. The number of imide groups is 1. The van der Waals surface area contributed by atoms with Crippen molar-refractivity contribution in [3.8, 4) is 0 Å². The highest BCUT2D eigenvalue weighted by Crippen LogP contribution is 2.40. The molecular weight excluding hydrogens is 501 g/mol. The molecule has 8 nitrogen and oxygen atoms in total. The van der Waals surface area contributed by atoms with Crippen molar-refractivity contribution in [2.24, 2.45) is 11.7 Å². The number of hydrogen-bond donors (Lipinski definition) is 2. The van der Waals surface area contributed by atoms with Gasteiger partial charge in [-0.1, -0.05) is 12.1 Å². The van der Waals surface area contributed by atoms with Gasteiger partial charge in [0.2, 0.25) is 11.8 Å². The first kappa shape index (κ1) is 25.9. The molecule has 200 valence electrons. The molecule has 38 heavy (non-hydrogen) atoms. The Balaban J connectivity index is 1.14. The van der Waals surface area contributed by atoms with Crippen LogP contribution in [0.15, 0.2) is 36.4 Å². The number of piperidine rings is 1. The molecule has 3 N–H and O–H groups in total. The van der Waals surface area contributed by atoms with Gasteiger partial charge in [-0.15, -0.1) is 0 Å². The number of carbonyl (C=O) groups is 4. The van der Waals surface area contributed by atoms with Crippen molar-refractivity contribution < 1.29 is 32.3 Å². The first-order chi connectivity index (χ1) is 18.1. The van der Waals surface area contributed by atoms with Gasteiger partial charge >= 0.3 is 0 Å². The maximum Gasteiger partial charge on any atom is 0.262 e.